The Bertz CT molecular complexity index is 274. The standard InChI is InChI=1S/C15H29N3/c1-13(2)17-15(4,12-16)8-5-9-18-10-6-14(3)7-11-18/h13-14,17H,5-11H2,1-4H3. The van der Waals surface area contributed by atoms with Crippen LogP contribution in [0.1, 0.15) is 53.4 Å². The molecule has 0 spiro atoms. The summed E-state index contributed by atoms with van der Waals surface area (Å²) in [7, 11) is 0. The number of piperidine rings is 1. The number of nitrogens with one attached hydrogen (secondary N) is 1. The van der Waals surface area contributed by atoms with Gasteiger partial charge in [0.2, 0.25) is 0 Å². The van der Waals surface area contributed by atoms with Crippen LogP contribution in [0, 0.1) is 17.2 Å². The third-order valence-electron chi connectivity index (χ3n) is 3.88. The molecule has 1 saturated heterocycles. The number of nitrogens with zero attached hydrogens (tertiary/aromatic N) is 2. The molecule has 1 aliphatic rings. The van der Waals surface area contributed by atoms with E-state index in [1.807, 2.05) is 6.92 Å². The summed E-state index contributed by atoms with van der Waals surface area (Å²) in [6.07, 6.45) is 4.71. The van der Waals surface area contributed by atoms with Gasteiger partial charge in [-0.2, -0.15) is 5.26 Å². The summed E-state index contributed by atoms with van der Waals surface area (Å²) in [6.45, 7) is 12.2. The predicted molar refractivity (Wildman–Crippen MR) is 76.4 cm³/mol. The first-order chi connectivity index (χ1) is 8.45. The van der Waals surface area contributed by atoms with Crippen LogP contribution in [0.2, 0.25) is 0 Å². The van der Waals surface area contributed by atoms with E-state index in [0.717, 1.165) is 25.3 Å². The molecule has 0 aromatic heterocycles. The summed E-state index contributed by atoms with van der Waals surface area (Å²) in [4.78, 5) is 2.55. The highest BCUT2D eigenvalue weighted by Gasteiger charge is 2.24. The minimum absolute atomic E-state index is 0.364. The molecule has 0 aromatic rings. The summed E-state index contributed by atoms with van der Waals surface area (Å²) in [5.41, 5.74) is -0.364. The Labute approximate surface area is 113 Å². The van der Waals surface area contributed by atoms with Gasteiger partial charge in [0.05, 0.1) is 6.07 Å². The van der Waals surface area contributed by atoms with Crippen LogP contribution in [-0.4, -0.2) is 36.1 Å². The molecule has 0 saturated carbocycles. The molecule has 3 heteroatoms. The molecule has 0 aliphatic carbocycles. The molecule has 1 unspecified atom stereocenters. The van der Waals surface area contributed by atoms with E-state index in [2.05, 4.69) is 37.1 Å². The largest absolute Gasteiger partial charge is 0.303 e. The molecule has 104 valence electrons. The molecule has 0 bridgehead atoms. The van der Waals surface area contributed by atoms with Crippen molar-refractivity contribution >= 4 is 0 Å². The fourth-order valence-corrected chi connectivity index (χ4v) is 2.74. The van der Waals surface area contributed by atoms with Gasteiger partial charge >= 0.3 is 0 Å². The average Bonchev–Trinajstić information content (AvgIpc) is 2.31. The van der Waals surface area contributed by atoms with E-state index in [1.165, 1.54) is 25.9 Å². The van der Waals surface area contributed by atoms with Crippen LogP contribution in [0.4, 0.5) is 0 Å². The third kappa shape index (κ3) is 5.37. The van der Waals surface area contributed by atoms with E-state index in [9.17, 15) is 5.26 Å². The van der Waals surface area contributed by atoms with Gasteiger partial charge in [-0.3, -0.25) is 5.32 Å². The zero-order valence-electron chi connectivity index (χ0n) is 12.5. The van der Waals surface area contributed by atoms with Crippen molar-refractivity contribution in [1.82, 2.24) is 10.2 Å². The van der Waals surface area contributed by atoms with Crippen LogP contribution in [-0.2, 0) is 0 Å². The second kappa shape index (κ2) is 7.11. The Morgan fingerprint density at radius 3 is 2.50 bits per heavy atom. The highest BCUT2D eigenvalue weighted by molar-refractivity contribution is 5.04. The molecule has 0 radical (unpaired) electrons. The van der Waals surface area contributed by atoms with Crippen molar-refractivity contribution in [3.8, 4) is 6.07 Å². The van der Waals surface area contributed by atoms with Crippen molar-refractivity contribution in [3.05, 3.63) is 0 Å². The average molecular weight is 251 g/mol. The second-order valence-corrected chi connectivity index (χ2v) is 6.37. The zero-order chi connectivity index (χ0) is 13.6. The Kier molecular flexibility index (Phi) is 6.11. The van der Waals surface area contributed by atoms with Crippen LogP contribution in [0.15, 0.2) is 0 Å². The molecular weight excluding hydrogens is 222 g/mol. The fraction of sp³-hybridized carbons (Fsp3) is 0.933. The monoisotopic (exact) mass is 251 g/mol. The van der Waals surface area contributed by atoms with Crippen LogP contribution >= 0.6 is 0 Å². The van der Waals surface area contributed by atoms with Crippen molar-refractivity contribution in [3.63, 3.8) is 0 Å². The maximum absolute atomic E-state index is 9.28. The van der Waals surface area contributed by atoms with Crippen LogP contribution in [0.5, 0.6) is 0 Å². The number of likely N-dealkylation sites (tertiary alicyclic amines) is 1. The molecule has 1 N–H and O–H groups in total. The molecule has 1 atom stereocenters. The minimum atomic E-state index is -0.364. The first-order valence-electron chi connectivity index (χ1n) is 7.36. The second-order valence-electron chi connectivity index (χ2n) is 6.37. The van der Waals surface area contributed by atoms with Crippen LogP contribution in [0.3, 0.4) is 0 Å². The lowest BCUT2D eigenvalue weighted by atomic mass is 9.95. The summed E-state index contributed by atoms with van der Waals surface area (Å²) in [6, 6.07) is 2.79. The predicted octanol–water partition coefficient (Wildman–Crippen LogP) is 2.78. The van der Waals surface area contributed by atoms with Gasteiger partial charge in [-0.15, -0.1) is 0 Å². The molecule has 1 fully saturated rings. The molecule has 0 amide bonds. The van der Waals surface area contributed by atoms with Crippen molar-refractivity contribution < 1.29 is 0 Å². The maximum atomic E-state index is 9.28. The van der Waals surface area contributed by atoms with Crippen molar-refractivity contribution in [2.75, 3.05) is 19.6 Å². The van der Waals surface area contributed by atoms with Gasteiger partial charge in [0.25, 0.3) is 0 Å². The van der Waals surface area contributed by atoms with Crippen LogP contribution < -0.4 is 5.32 Å². The lowest BCUT2D eigenvalue weighted by Gasteiger charge is -2.31. The summed E-state index contributed by atoms with van der Waals surface area (Å²) < 4.78 is 0. The SMILES string of the molecule is CC1CCN(CCCC(C)(C#N)NC(C)C)CC1. The van der Waals surface area contributed by atoms with Gasteiger partial charge < -0.3 is 4.90 Å². The Hall–Kier alpha value is -0.590. The van der Waals surface area contributed by atoms with Crippen molar-refractivity contribution in [2.45, 2.75) is 65.0 Å². The normalized spacial score (nSPS) is 21.8. The lowest BCUT2D eigenvalue weighted by molar-refractivity contribution is 0.185. The van der Waals surface area contributed by atoms with E-state index in [0.29, 0.717) is 6.04 Å². The summed E-state index contributed by atoms with van der Waals surface area (Å²) in [5, 5.41) is 12.7. The van der Waals surface area contributed by atoms with Gasteiger partial charge in [-0.05, 0) is 72.0 Å². The van der Waals surface area contributed by atoms with Crippen molar-refractivity contribution in [1.29, 1.82) is 5.26 Å². The molecule has 0 aromatic carbocycles. The van der Waals surface area contributed by atoms with E-state index < -0.39 is 0 Å². The summed E-state index contributed by atoms with van der Waals surface area (Å²) >= 11 is 0. The lowest BCUT2D eigenvalue weighted by Crippen LogP contribution is -2.45. The number of nitriles is 1. The highest BCUT2D eigenvalue weighted by atomic mass is 15.1. The summed E-state index contributed by atoms with van der Waals surface area (Å²) in [5.74, 6) is 0.897. The van der Waals surface area contributed by atoms with E-state index in [4.69, 9.17) is 0 Å². The molecule has 1 aliphatic heterocycles. The maximum Gasteiger partial charge on any atom is 0.104 e. The smallest absolute Gasteiger partial charge is 0.104 e. The first kappa shape index (κ1) is 15.5. The topological polar surface area (TPSA) is 39.1 Å². The Balaban J connectivity index is 2.25. The van der Waals surface area contributed by atoms with Gasteiger partial charge in [0.1, 0.15) is 5.54 Å². The molecular formula is C15H29N3. The Morgan fingerprint density at radius 1 is 1.39 bits per heavy atom. The number of rotatable bonds is 6. The van der Waals surface area contributed by atoms with Crippen molar-refractivity contribution in [2.24, 2.45) is 5.92 Å². The molecule has 1 rings (SSSR count). The molecule has 1 heterocycles. The third-order valence-corrected chi connectivity index (χ3v) is 3.88. The minimum Gasteiger partial charge on any atom is -0.303 e. The van der Waals surface area contributed by atoms with Crippen LogP contribution in [0.25, 0.3) is 0 Å². The molecule has 18 heavy (non-hydrogen) atoms. The van der Waals surface area contributed by atoms with Gasteiger partial charge in [-0.25, -0.2) is 0 Å². The molecule has 3 nitrogen and oxygen atoms in total. The Morgan fingerprint density at radius 2 is 2.00 bits per heavy atom. The zero-order valence-corrected chi connectivity index (χ0v) is 12.5. The quantitative estimate of drug-likeness (QED) is 0.789. The first-order valence-corrected chi connectivity index (χ1v) is 7.36. The van der Waals surface area contributed by atoms with Gasteiger partial charge in [-0.1, -0.05) is 6.92 Å². The van der Waals surface area contributed by atoms with E-state index in [1.54, 1.807) is 0 Å². The van der Waals surface area contributed by atoms with Gasteiger partial charge in [0, 0.05) is 6.04 Å². The fourth-order valence-electron chi connectivity index (χ4n) is 2.74. The number of hydrogen-bond acceptors (Lipinski definition) is 3. The van der Waals surface area contributed by atoms with Gasteiger partial charge in [0.15, 0.2) is 0 Å². The van der Waals surface area contributed by atoms with E-state index in [-0.39, 0.29) is 5.54 Å². The van der Waals surface area contributed by atoms with E-state index >= 15 is 0 Å². The highest BCUT2D eigenvalue weighted by Crippen LogP contribution is 2.18. The number of hydrogen-bond donors (Lipinski definition) is 1.